The summed E-state index contributed by atoms with van der Waals surface area (Å²) in [7, 11) is 0. The molecule has 0 saturated carbocycles. The van der Waals surface area contributed by atoms with Crippen LogP contribution in [0.2, 0.25) is 0 Å². The van der Waals surface area contributed by atoms with Crippen molar-refractivity contribution in [2.45, 2.75) is 0 Å². The second kappa shape index (κ2) is 9.81. The molecular weight excluding hydrogens is 628 g/mol. The highest BCUT2D eigenvalue weighted by atomic mass is 79.9. The van der Waals surface area contributed by atoms with E-state index in [9.17, 15) is 0 Å². The molecule has 0 bridgehead atoms. The van der Waals surface area contributed by atoms with E-state index < -0.39 is 0 Å². The molecule has 0 saturated heterocycles. The molecule has 5 aromatic carbocycles. The number of benzene rings is 5. The predicted molar refractivity (Wildman–Crippen MR) is 189 cm³/mol. The zero-order chi connectivity index (χ0) is 28.5. The number of hydrogen-bond donors (Lipinski definition) is 0. The summed E-state index contributed by atoms with van der Waals surface area (Å²) in [6.45, 7) is 0. The second-order valence-electron chi connectivity index (χ2n) is 10.7. The van der Waals surface area contributed by atoms with Crippen molar-refractivity contribution in [3.05, 3.63) is 144 Å². The third-order valence-corrected chi connectivity index (χ3v) is 11.3. The third kappa shape index (κ3) is 3.96. The van der Waals surface area contributed by atoms with Crippen LogP contribution < -0.4 is 0 Å². The molecule has 0 aliphatic rings. The number of aromatic nitrogens is 2. The Kier molecular flexibility index (Phi) is 5.73. The molecule has 0 amide bonds. The molecule has 43 heavy (non-hydrogen) atoms. The van der Waals surface area contributed by atoms with Crippen molar-refractivity contribution < 1.29 is 0 Å². The Morgan fingerprint density at radius 1 is 0.419 bits per heavy atom. The van der Waals surface area contributed by atoms with E-state index in [2.05, 4.69) is 165 Å². The van der Waals surface area contributed by atoms with E-state index in [1.54, 1.807) is 0 Å². The zero-order valence-electron chi connectivity index (χ0n) is 22.9. The minimum Gasteiger partial charge on any atom is -0.309 e. The molecule has 0 radical (unpaired) electrons. The number of halogens is 1. The molecule has 5 heteroatoms. The molecule has 0 spiro atoms. The van der Waals surface area contributed by atoms with Gasteiger partial charge in [0.15, 0.2) is 0 Å². The summed E-state index contributed by atoms with van der Waals surface area (Å²) in [4.78, 5) is 2.57. The van der Waals surface area contributed by atoms with E-state index >= 15 is 0 Å². The standard InChI is InChI=1S/C38H23BrN2S2/c39-26-18-15-24(16-19-26)35-22-33-37(42-35)38-34(41(33)28-11-5-2-6-12-28)23-36(43-38)25-17-20-32-30(21-25)29-13-7-8-14-31(29)40(32)27-9-3-1-4-10-27/h1-23H. The summed E-state index contributed by atoms with van der Waals surface area (Å²) in [6.07, 6.45) is 0. The monoisotopic (exact) mass is 650 g/mol. The van der Waals surface area contributed by atoms with Gasteiger partial charge in [0.2, 0.25) is 0 Å². The fourth-order valence-electron chi connectivity index (χ4n) is 6.29. The Morgan fingerprint density at radius 2 is 0.930 bits per heavy atom. The van der Waals surface area contributed by atoms with Gasteiger partial charge in [0.05, 0.1) is 31.5 Å². The molecule has 9 rings (SSSR count). The summed E-state index contributed by atoms with van der Waals surface area (Å²) >= 11 is 7.37. The van der Waals surface area contributed by atoms with Crippen molar-refractivity contribution >= 4 is 80.8 Å². The summed E-state index contributed by atoms with van der Waals surface area (Å²) in [6, 6.07) is 50.5. The Balaban J connectivity index is 1.26. The zero-order valence-corrected chi connectivity index (χ0v) is 26.1. The van der Waals surface area contributed by atoms with Crippen LogP contribution in [0.15, 0.2) is 144 Å². The first kappa shape index (κ1) is 25.1. The van der Waals surface area contributed by atoms with E-state index in [1.165, 1.54) is 74.5 Å². The lowest BCUT2D eigenvalue weighted by Gasteiger charge is -2.07. The van der Waals surface area contributed by atoms with Crippen LogP contribution >= 0.6 is 38.6 Å². The van der Waals surface area contributed by atoms with Gasteiger partial charge in [-0.15, -0.1) is 22.7 Å². The Hall–Kier alpha value is -4.42. The molecule has 0 N–H and O–H groups in total. The normalized spacial score (nSPS) is 11.8. The van der Waals surface area contributed by atoms with Crippen molar-refractivity contribution in [1.82, 2.24) is 9.13 Å². The maximum atomic E-state index is 3.59. The van der Waals surface area contributed by atoms with E-state index in [4.69, 9.17) is 0 Å². The third-order valence-electron chi connectivity index (χ3n) is 8.23. The van der Waals surface area contributed by atoms with Gasteiger partial charge >= 0.3 is 0 Å². The Morgan fingerprint density at radius 3 is 1.58 bits per heavy atom. The van der Waals surface area contributed by atoms with Gasteiger partial charge in [-0.25, -0.2) is 0 Å². The van der Waals surface area contributed by atoms with Crippen molar-refractivity contribution in [2.24, 2.45) is 0 Å². The van der Waals surface area contributed by atoms with Crippen molar-refractivity contribution in [3.63, 3.8) is 0 Å². The molecule has 9 aromatic rings. The van der Waals surface area contributed by atoms with Crippen LogP contribution in [0, 0.1) is 0 Å². The van der Waals surface area contributed by atoms with Gasteiger partial charge in [-0.3, -0.25) is 0 Å². The lowest BCUT2D eigenvalue weighted by molar-refractivity contribution is 1.18. The van der Waals surface area contributed by atoms with Gasteiger partial charge in [0, 0.05) is 36.4 Å². The number of fused-ring (bicyclic) bond motifs is 6. The van der Waals surface area contributed by atoms with Crippen LogP contribution in [0.4, 0.5) is 0 Å². The van der Waals surface area contributed by atoms with Crippen molar-refractivity contribution in [3.8, 4) is 32.3 Å². The number of hydrogen-bond acceptors (Lipinski definition) is 2. The quantitative estimate of drug-likeness (QED) is 0.179. The highest BCUT2D eigenvalue weighted by Crippen LogP contribution is 2.47. The second-order valence-corrected chi connectivity index (χ2v) is 13.8. The van der Waals surface area contributed by atoms with Crippen molar-refractivity contribution in [1.29, 1.82) is 0 Å². The predicted octanol–water partition coefficient (Wildman–Crippen LogP) is 12.1. The summed E-state index contributed by atoms with van der Waals surface area (Å²) in [5.41, 5.74) is 9.86. The van der Waals surface area contributed by atoms with Gasteiger partial charge in [-0.05, 0) is 77.9 Å². The van der Waals surface area contributed by atoms with Crippen LogP contribution in [0.1, 0.15) is 0 Å². The minimum atomic E-state index is 1.10. The van der Waals surface area contributed by atoms with Gasteiger partial charge in [-0.2, -0.15) is 0 Å². The Bertz CT molecular complexity index is 2440. The van der Waals surface area contributed by atoms with Crippen LogP contribution in [0.3, 0.4) is 0 Å². The molecule has 4 heterocycles. The van der Waals surface area contributed by atoms with Gasteiger partial charge < -0.3 is 9.13 Å². The summed E-state index contributed by atoms with van der Waals surface area (Å²) < 4.78 is 8.59. The Labute approximate surface area is 264 Å². The molecule has 0 atom stereocenters. The maximum Gasteiger partial charge on any atom is 0.0711 e. The number of thiophene rings is 2. The average Bonchev–Trinajstić information content (AvgIpc) is 3.81. The molecule has 0 fully saturated rings. The summed E-state index contributed by atoms with van der Waals surface area (Å²) in [5, 5.41) is 2.55. The van der Waals surface area contributed by atoms with Crippen LogP contribution in [0.25, 0.3) is 74.5 Å². The first-order chi connectivity index (χ1) is 21.2. The highest BCUT2D eigenvalue weighted by molar-refractivity contribution is 9.10. The molecule has 2 nitrogen and oxygen atoms in total. The van der Waals surface area contributed by atoms with Crippen LogP contribution in [0.5, 0.6) is 0 Å². The molecular formula is C38H23BrN2S2. The van der Waals surface area contributed by atoms with Gasteiger partial charge in [0.25, 0.3) is 0 Å². The molecule has 0 unspecified atom stereocenters. The first-order valence-corrected chi connectivity index (χ1v) is 16.6. The van der Waals surface area contributed by atoms with Crippen LogP contribution in [-0.4, -0.2) is 9.13 Å². The van der Waals surface area contributed by atoms with E-state index in [1.807, 2.05) is 22.7 Å². The lowest BCUT2D eigenvalue weighted by Crippen LogP contribution is -1.92. The maximum absolute atomic E-state index is 3.59. The van der Waals surface area contributed by atoms with E-state index in [0.717, 1.165) is 4.47 Å². The highest BCUT2D eigenvalue weighted by Gasteiger charge is 2.20. The van der Waals surface area contributed by atoms with Gasteiger partial charge in [0.1, 0.15) is 0 Å². The molecule has 0 aliphatic carbocycles. The smallest absolute Gasteiger partial charge is 0.0711 e. The lowest BCUT2D eigenvalue weighted by atomic mass is 10.1. The minimum absolute atomic E-state index is 1.10. The largest absolute Gasteiger partial charge is 0.309 e. The number of nitrogens with zero attached hydrogens (tertiary/aromatic N) is 2. The van der Waals surface area contributed by atoms with Crippen molar-refractivity contribution in [2.75, 3.05) is 0 Å². The fraction of sp³-hybridized carbons (Fsp3) is 0. The molecule has 204 valence electrons. The molecule has 0 aliphatic heterocycles. The summed E-state index contributed by atoms with van der Waals surface area (Å²) in [5.74, 6) is 0. The average molecular weight is 652 g/mol. The first-order valence-electron chi connectivity index (χ1n) is 14.2. The van der Waals surface area contributed by atoms with E-state index in [-0.39, 0.29) is 0 Å². The fourth-order valence-corrected chi connectivity index (χ4v) is 8.98. The number of para-hydroxylation sites is 3. The van der Waals surface area contributed by atoms with Gasteiger partial charge in [-0.1, -0.05) is 88.7 Å². The SMILES string of the molecule is Brc1ccc(-c2cc3c(s2)c2sc(-c4ccc5c(c4)c4ccccc4n5-c4ccccc4)cc2n3-c2ccccc2)cc1. The van der Waals surface area contributed by atoms with Crippen LogP contribution in [-0.2, 0) is 0 Å². The number of rotatable bonds is 4. The molecule has 4 aromatic heterocycles. The topological polar surface area (TPSA) is 9.86 Å². The van der Waals surface area contributed by atoms with E-state index in [0.29, 0.717) is 0 Å².